The molecule has 4 heteroatoms. The SMILES string of the molecule is CCOC(=O)C(CC)Oc1ccc(CCCC=O)cc1. The highest BCUT2D eigenvalue weighted by atomic mass is 16.6. The second kappa shape index (κ2) is 9.13. The molecule has 1 aromatic carbocycles. The van der Waals surface area contributed by atoms with Crippen molar-refractivity contribution in [2.45, 2.75) is 45.6 Å². The third kappa shape index (κ3) is 5.43. The number of aldehydes is 1. The second-order valence-electron chi connectivity index (χ2n) is 4.47. The first-order valence-electron chi connectivity index (χ1n) is 7.07. The minimum atomic E-state index is -0.559. The predicted molar refractivity (Wildman–Crippen MR) is 76.8 cm³/mol. The van der Waals surface area contributed by atoms with Crippen LogP contribution in [0.2, 0.25) is 0 Å². The zero-order valence-electron chi connectivity index (χ0n) is 12.1. The molecule has 0 bridgehead atoms. The van der Waals surface area contributed by atoms with Gasteiger partial charge in [0.2, 0.25) is 0 Å². The molecule has 1 atom stereocenters. The van der Waals surface area contributed by atoms with Gasteiger partial charge in [0, 0.05) is 6.42 Å². The van der Waals surface area contributed by atoms with E-state index in [-0.39, 0.29) is 5.97 Å². The van der Waals surface area contributed by atoms with Gasteiger partial charge in [-0.2, -0.15) is 0 Å². The average molecular weight is 278 g/mol. The van der Waals surface area contributed by atoms with Crippen molar-refractivity contribution in [3.63, 3.8) is 0 Å². The summed E-state index contributed by atoms with van der Waals surface area (Å²) in [7, 11) is 0. The van der Waals surface area contributed by atoms with Crippen LogP contribution in [0.4, 0.5) is 0 Å². The Morgan fingerprint density at radius 2 is 1.95 bits per heavy atom. The number of aryl methyl sites for hydroxylation is 1. The Bertz CT molecular complexity index is 411. The maximum Gasteiger partial charge on any atom is 0.347 e. The summed E-state index contributed by atoms with van der Waals surface area (Å²) in [6.45, 7) is 4.02. The molecular weight excluding hydrogens is 256 g/mol. The summed E-state index contributed by atoms with van der Waals surface area (Å²) >= 11 is 0. The number of carbonyl (C=O) groups excluding carboxylic acids is 2. The Labute approximate surface area is 120 Å². The minimum Gasteiger partial charge on any atom is -0.479 e. The number of benzene rings is 1. The van der Waals surface area contributed by atoms with Gasteiger partial charge in [-0.25, -0.2) is 4.79 Å². The van der Waals surface area contributed by atoms with E-state index >= 15 is 0 Å². The van der Waals surface area contributed by atoms with Crippen LogP contribution in [-0.2, 0) is 20.7 Å². The maximum absolute atomic E-state index is 11.6. The molecule has 20 heavy (non-hydrogen) atoms. The molecule has 110 valence electrons. The van der Waals surface area contributed by atoms with Crippen LogP contribution in [-0.4, -0.2) is 25.0 Å². The average Bonchev–Trinajstić information content (AvgIpc) is 2.46. The predicted octanol–water partition coefficient (Wildman–Crippen LogP) is 2.93. The molecule has 0 saturated carbocycles. The number of hydrogen-bond acceptors (Lipinski definition) is 4. The van der Waals surface area contributed by atoms with Crippen molar-refractivity contribution in [2.24, 2.45) is 0 Å². The fourth-order valence-electron chi connectivity index (χ4n) is 1.82. The van der Waals surface area contributed by atoms with E-state index in [4.69, 9.17) is 9.47 Å². The van der Waals surface area contributed by atoms with Gasteiger partial charge in [0.25, 0.3) is 0 Å². The smallest absolute Gasteiger partial charge is 0.347 e. The van der Waals surface area contributed by atoms with Gasteiger partial charge in [-0.3, -0.25) is 0 Å². The van der Waals surface area contributed by atoms with Gasteiger partial charge in [0.15, 0.2) is 6.10 Å². The Morgan fingerprint density at radius 3 is 2.50 bits per heavy atom. The van der Waals surface area contributed by atoms with E-state index in [1.165, 1.54) is 0 Å². The summed E-state index contributed by atoms with van der Waals surface area (Å²) in [6.07, 6.45) is 3.25. The number of ether oxygens (including phenoxy) is 2. The topological polar surface area (TPSA) is 52.6 Å². The van der Waals surface area contributed by atoms with Gasteiger partial charge in [-0.1, -0.05) is 19.1 Å². The van der Waals surface area contributed by atoms with Gasteiger partial charge in [0.1, 0.15) is 12.0 Å². The third-order valence-corrected chi connectivity index (χ3v) is 2.91. The monoisotopic (exact) mass is 278 g/mol. The third-order valence-electron chi connectivity index (χ3n) is 2.91. The van der Waals surface area contributed by atoms with Crippen molar-refractivity contribution in [3.8, 4) is 5.75 Å². The molecule has 0 aromatic heterocycles. The molecule has 0 radical (unpaired) electrons. The minimum absolute atomic E-state index is 0.329. The van der Waals surface area contributed by atoms with Crippen LogP contribution >= 0.6 is 0 Å². The highest BCUT2D eigenvalue weighted by Gasteiger charge is 2.19. The lowest BCUT2D eigenvalue weighted by atomic mass is 10.1. The molecule has 1 rings (SSSR count). The van der Waals surface area contributed by atoms with Crippen LogP contribution in [0.1, 0.15) is 38.7 Å². The van der Waals surface area contributed by atoms with E-state index in [1.807, 2.05) is 31.2 Å². The Morgan fingerprint density at radius 1 is 1.25 bits per heavy atom. The van der Waals surface area contributed by atoms with Crippen LogP contribution in [0.3, 0.4) is 0 Å². The van der Waals surface area contributed by atoms with Gasteiger partial charge in [-0.05, 0) is 43.9 Å². The molecule has 0 N–H and O–H groups in total. The first kappa shape index (κ1) is 16.2. The van der Waals surface area contributed by atoms with Gasteiger partial charge >= 0.3 is 5.97 Å². The normalized spacial score (nSPS) is 11.7. The standard InChI is InChI=1S/C16H22O4/c1-3-15(16(18)19-4-2)20-14-10-8-13(9-11-14)7-5-6-12-17/h8-12,15H,3-7H2,1-2H3. The lowest BCUT2D eigenvalue weighted by Crippen LogP contribution is -2.28. The molecule has 0 fully saturated rings. The number of rotatable bonds is 9. The Hall–Kier alpha value is -1.84. The largest absolute Gasteiger partial charge is 0.479 e. The number of hydrogen-bond donors (Lipinski definition) is 0. The molecule has 0 aliphatic rings. The van der Waals surface area contributed by atoms with Crippen molar-refractivity contribution < 1.29 is 19.1 Å². The lowest BCUT2D eigenvalue weighted by Gasteiger charge is -2.16. The molecule has 0 saturated heterocycles. The first-order chi connectivity index (χ1) is 9.71. The lowest BCUT2D eigenvalue weighted by molar-refractivity contribution is -0.151. The van der Waals surface area contributed by atoms with Crippen molar-refractivity contribution >= 4 is 12.3 Å². The summed E-state index contributed by atoms with van der Waals surface area (Å²) in [5, 5.41) is 0. The molecule has 0 heterocycles. The highest BCUT2D eigenvalue weighted by Crippen LogP contribution is 2.16. The summed E-state index contributed by atoms with van der Waals surface area (Å²) in [4.78, 5) is 21.9. The maximum atomic E-state index is 11.6. The second-order valence-corrected chi connectivity index (χ2v) is 4.47. The number of unbranched alkanes of at least 4 members (excludes halogenated alkanes) is 1. The van der Waals surface area contributed by atoms with E-state index in [9.17, 15) is 9.59 Å². The molecule has 4 nitrogen and oxygen atoms in total. The molecule has 1 aromatic rings. The number of carbonyl (C=O) groups is 2. The summed E-state index contributed by atoms with van der Waals surface area (Å²) in [5.74, 6) is 0.328. The molecule has 0 spiro atoms. The van der Waals surface area contributed by atoms with Crippen LogP contribution in [0.25, 0.3) is 0 Å². The van der Waals surface area contributed by atoms with Crippen molar-refractivity contribution in [1.29, 1.82) is 0 Å². The highest BCUT2D eigenvalue weighted by molar-refractivity contribution is 5.75. The van der Waals surface area contributed by atoms with Crippen molar-refractivity contribution in [2.75, 3.05) is 6.61 Å². The molecule has 0 aliphatic carbocycles. The van der Waals surface area contributed by atoms with Crippen LogP contribution < -0.4 is 4.74 Å². The zero-order valence-corrected chi connectivity index (χ0v) is 12.1. The van der Waals surface area contributed by atoms with E-state index in [2.05, 4.69) is 0 Å². The van der Waals surface area contributed by atoms with Crippen LogP contribution in [0.5, 0.6) is 5.75 Å². The van der Waals surface area contributed by atoms with Gasteiger partial charge in [-0.15, -0.1) is 0 Å². The van der Waals surface area contributed by atoms with E-state index < -0.39 is 6.10 Å². The fraction of sp³-hybridized carbons (Fsp3) is 0.500. The Balaban J connectivity index is 2.54. The first-order valence-corrected chi connectivity index (χ1v) is 7.07. The van der Waals surface area contributed by atoms with Crippen LogP contribution in [0.15, 0.2) is 24.3 Å². The molecular formula is C16H22O4. The molecule has 0 amide bonds. The van der Waals surface area contributed by atoms with Crippen LogP contribution in [0, 0.1) is 0 Å². The fourth-order valence-corrected chi connectivity index (χ4v) is 1.82. The van der Waals surface area contributed by atoms with Crippen molar-refractivity contribution in [1.82, 2.24) is 0 Å². The van der Waals surface area contributed by atoms with E-state index in [1.54, 1.807) is 6.92 Å². The van der Waals surface area contributed by atoms with E-state index in [0.717, 1.165) is 24.7 Å². The van der Waals surface area contributed by atoms with Gasteiger partial charge in [0.05, 0.1) is 6.61 Å². The van der Waals surface area contributed by atoms with Crippen molar-refractivity contribution in [3.05, 3.63) is 29.8 Å². The zero-order chi connectivity index (χ0) is 14.8. The Kier molecular flexibility index (Phi) is 7.40. The molecule has 1 unspecified atom stereocenters. The molecule has 0 aliphatic heterocycles. The summed E-state index contributed by atoms with van der Waals surface area (Å²) in [5.41, 5.74) is 1.16. The quantitative estimate of drug-likeness (QED) is 0.396. The van der Waals surface area contributed by atoms with Gasteiger partial charge < -0.3 is 14.3 Å². The number of esters is 1. The summed E-state index contributed by atoms with van der Waals surface area (Å²) in [6, 6.07) is 7.60. The van der Waals surface area contributed by atoms with E-state index in [0.29, 0.717) is 25.2 Å². The summed E-state index contributed by atoms with van der Waals surface area (Å²) < 4.78 is 10.6.